The van der Waals surface area contributed by atoms with Crippen molar-refractivity contribution in [1.82, 2.24) is 10.6 Å². The maximum atomic E-state index is 12.1. The predicted molar refractivity (Wildman–Crippen MR) is 127 cm³/mol. The molecule has 8 heteroatoms. The van der Waals surface area contributed by atoms with E-state index in [-0.39, 0.29) is 29.9 Å². The predicted octanol–water partition coefficient (Wildman–Crippen LogP) is 4.08. The van der Waals surface area contributed by atoms with Crippen molar-refractivity contribution in [2.24, 2.45) is 4.99 Å². The van der Waals surface area contributed by atoms with Crippen molar-refractivity contribution in [2.45, 2.75) is 40.0 Å². The van der Waals surface area contributed by atoms with Crippen LogP contribution < -0.4 is 16.0 Å². The minimum Gasteiger partial charge on any atom is -0.382 e. The van der Waals surface area contributed by atoms with Crippen LogP contribution in [0.25, 0.3) is 0 Å². The molecule has 1 aromatic rings. The number of nitrogens with one attached hydrogen (secondary N) is 3. The Hall–Kier alpha value is -0.870. The van der Waals surface area contributed by atoms with Crippen LogP contribution in [0.1, 0.15) is 38.7 Å². The van der Waals surface area contributed by atoms with Crippen LogP contribution in [-0.4, -0.2) is 44.7 Å². The maximum absolute atomic E-state index is 12.1. The highest BCUT2D eigenvalue weighted by Crippen LogP contribution is 2.20. The minimum absolute atomic E-state index is 0. The van der Waals surface area contributed by atoms with Gasteiger partial charge in [-0.25, -0.2) is 0 Å². The van der Waals surface area contributed by atoms with Crippen LogP contribution in [0.15, 0.2) is 27.7 Å². The fraction of sp³-hybridized carbons (Fsp3) is 0.579. The largest absolute Gasteiger partial charge is 0.382 e. The lowest BCUT2D eigenvalue weighted by Crippen LogP contribution is -2.38. The van der Waals surface area contributed by atoms with Crippen molar-refractivity contribution >= 4 is 57.5 Å². The van der Waals surface area contributed by atoms with Gasteiger partial charge in [-0.2, -0.15) is 0 Å². The molecule has 0 atom stereocenters. The molecule has 0 unspecified atom stereocenters. The van der Waals surface area contributed by atoms with Crippen molar-refractivity contribution in [2.75, 3.05) is 38.2 Å². The second-order valence-electron chi connectivity index (χ2n) is 5.85. The number of hydrogen-bond donors (Lipinski definition) is 3. The number of aryl methyl sites for hydroxylation is 1. The van der Waals surface area contributed by atoms with Gasteiger partial charge in [0.1, 0.15) is 0 Å². The third-order valence-electron chi connectivity index (χ3n) is 3.63. The molecule has 0 saturated carbocycles. The summed E-state index contributed by atoms with van der Waals surface area (Å²) in [5.74, 6) is 0.724. The first-order valence-electron chi connectivity index (χ1n) is 9.22. The van der Waals surface area contributed by atoms with Crippen LogP contribution in [0.4, 0.5) is 5.69 Å². The Balaban J connectivity index is 0.00000676. The third-order valence-corrected chi connectivity index (χ3v) is 4.13. The Labute approximate surface area is 188 Å². The summed E-state index contributed by atoms with van der Waals surface area (Å²) in [4.78, 5) is 16.7. The molecule has 6 nitrogen and oxygen atoms in total. The zero-order chi connectivity index (χ0) is 19.2. The van der Waals surface area contributed by atoms with Gasteiger partial charge in [-0.15, -0.1) is 24.0 Å². The summed E-state index contributed by atoms with van der Waals surface area (Å²) in [5.41, 5.74) is 1.87. The molecule has 0 aliphatic carbocycles. The molecule has 27 heavy (non-hydrogen) atoms. The number of unbranched alkanes of at least 4 members (excludes halogenated alkanes) is 1. The number of halogens is 2. The number of carbonyl (C=O) groups is 1. The van der Waals surface area contributed by atoms with E-state index in [9.17, 15) is 4.79 Å². The lowest BCUT2D eigenvalue weighted by atomic mass is 10.2. The van der Waals surface area contributed by atoms with E-state index in [4.69, 9.17) is 4.74 Å². The number of ether oxygens (including phenoxy) is 1. The Morgan fingerprint density at radius 2 is 2.00 bits per heavy atom. The quantitative estimate of drug-likeness (QED) is 0.167. The molecule has 0 fully saturated rings. The van der Waals surface area contributed by atoms with Crippen LogP contribution in [-0.2, 0) is 9.53 Å². The van der Waals surface area contributed by atoms with Crippen molar-refractivity contribution < 1.29 is 9.53 Å². The van der Waals surface area contributed by atoms with Crippen LogP contribution in [0.3, 0.4) is 0 Å². The van der Waals surface area contributed by atoms with Gasteiger partial charge in [0.2, 0.25) is 5.91 Å². The van der Waals surface area contributed by atoms with E-state index in [2.05, 4.69) is 36.9 Å². The van der Waals surface area contributed by atoms with Crippen molar-refractivity contribution in [1.29, 1.82) is 0 Å². The van der Waals surface area contributed by atoms with Gasteiger partial charge in [-0.1, -0.05) is 22.0 Å². The molecule has 0 bridgehead atoms. The fourth-order valence-corrected chi connectivity index (χ4v) is 2.59. The van der Waals surface area contributed by atoms with E-state index in [1.807, 2.05) is 39.0 Å². The Morgan fingerprint density at radius 1 is 1.22 bits per heavy atom. The third kappa shape index (κ3) is 12.2. The zero-order valence-corrected chi connectivity index (χ0v) is 20.4. The number of amides is 1. The Morgan fingerprint density at radius 3 is 2.70 bits per heavy atom. The standard InChI is InChI=1S/C19H31BrN4O2.HI/c1-4-21-19(22-11-6-7-13-26-5-2)23-12-10-18(25)24-17-14-16(20)9-8-15(17)3;/h8-9,14H,4-7,10-13H2,1-3H3,(H,24,25)(H2,21,22,23);1H. The Bertz CT molecular complexity index is 585. The highest BCUT2D eigenvalue weighted by atomic mass is 127. The summed E-state index contributed by atoms with van der Waals surface area (Å²) in [6.07, 6.45) is 2.37. The number of nitrogens with zero attached hydrogens (tertiary/aromatic N) is 1. The van der Waals surface area contributed by atoms with Gasteiger partial charge in [0.15, 0.2) is 5.96 Å². The van der Waals surface area contributed by atoms with E-state index in [0.29, 0.717) is 13.0 Å². The molecule has 0 spiro atoms. The van der Waals surface area contributed by atoms with Crippen molar-refractivity contribution in [3.63, 3.8) is 0 Å². The average Bonchev–Trinajstić information content (AvgIpc) is 2.61. The Kier molecular flexibility index (Phi) is 15.6. The first kappa shape index (κ1) is 26.1. The molecule has 1 aromatic carbocycles. The molecule has 0 aliphatic rings. The number of benzene rings is 1. The van der Waals surface area contributed by atoms with E-state index < -0.39 is 0 Å². The van der Waals surface area contributed by atoms with Gasteiger partial charge in [0, 0.05) is 49.4 Å². The van der Waals surface area contributed by atoms with E-state index in [0.717, 1.165) is 60.8 Å². The first-order valence-corrected chi connectivity index (χ1v) is 10.0. The summed E-state index contributed by atoms with van der Waals surface area (Å²) in [7, 11) is 0. The normalized spacial score (nSPS) is 10.9. The molecule has 0 aliphatic heterocycles. The van der Waals surface area contributed by atoms with Gasteiger partial charge in [0.25, 0.3) is 0 Å². The van der Waals surface area contributed by atoms with Crippen molar-refractivity contribution in [3.05, 3.63) is 28.2 Å². The number of hydrogen-bond acceptors (Lipinski definition) is 3. The molecule has 0 aromatic heterocycles. The second kappa shape index (κ2) is 16.1. The number of aliphatic imine (C=N–C) groups is 1. The van der Waals surface area contributed by atoms with Gasteiger partial charge < -0.3 is 20.7 Å². The summed E-state index contributed by atoms with van der Waals surface area (Å²) >= 11 is 3.42. The number of anilines is 1. The minimum atomic E-state index is -0.0220. The topological polar surface area (TPSA) is 74.8 Å². The van der Waals surface area contributed by atoms with Gasteiger partial charge in [-0.3, -0.25) is 9.79 Å². The second-order valence-corrected chi connectivity index (χ2v) is 6.76. The summed E-state index contributed by atoms with van der Waals surface area (Å²) in [5, 5.41) is 9.34. The summed E-state index contributed by atoms with van der Waals surface area (Å²) in [6, 6.07) is 5.84. The van der Waals surface area contributed by atoms with Gasteiger partial charge >= 0.3 is 0 Å². The number of guanidine groups is 1. The lowest BCUT2D eigenvalue weighted by Gasteiger charge is -2.12. The average molecular weight is 555 g/mol. The van der Waals surface area contributed by atoms with Crippen molar-refractivity contribution in [3.8, 4) is 0 Å². The van der Waals surface area contributed by atoms with E-state index in [1.165, 1.54) is 0 Å². The fourth-order valence-electron chi connectivity index (χ4n) is 2.23. The maximum Gasteiger partial charge on any atom is 0.226 e. The zero-order valence-electron chi connectivity index (χ0n) is 16.4. The van der Waals surface area contributed by atoms with Gasteiger partial charge in [0.05, 0.1) is 0 Å². The SMILES string of the molecule is CCNC(=NCCCCOCC)NCCC(=O)Nc1cc(Br)ccc1C.I. The molecule has 0 radical (unpaired) electrons. The molecular formula is C19H32BrIN4O2. The van der Waals surface area contributed by atoms with Crippen LogP contribution in [0.5, 0.6) is 0 Å². The molecule has 0 heterocycles. The van der Waals surface area contributed by atoms with E-state index >= 15 is 0 Å². The van der Waals surface area contributed by atoms with Crippen LogP contribution >= 0.6 is 39.9 Å². The molecule has 3 N–H and O–H groups in total. The van der Waals surface area contributed by atoms with Crippen LogP contribution in [0, 0.1) is 6.92 Å². The molecule has 0 saturated heterocycles. The smallest absolute Gasteiger partial charge is 0.226 e. The van der Waals surface area contributed by atoms with Gasteiger partial charge in [-0.05, 0) is 51.3 Å². The molecule has 1 rings (SSSR count). The summed E-state index contributed by atoms with van der Waals surface area (Å²) < 4.78 is 6.26. The lowest BCUT2D eigenvalue weighted by molar-refractivity contribution is -0.116. The van der Waals surface area contributed by atoms with Crippen LogP contribution in [0.2, 0.25) is 0 Å². The molecule has 154 valence electrons. The number of carbonyl (C=O) groups excluding carboxylic acids is 1. The highest BCUT2D eigenvalue weighted by Gasteiger charge is 2.06. The number of rotatable bonds is 11. The first-order chi connectivity index (χ1) is 12.6. The molecule has 1 amide bonds. The molecular weight excluding hydrogens is 523 g/mol. The highest BCUT2D eigenvalue weighted by molar-refractivity contribution is 14.0. The monoisotopic (exact) mass is 554 g/mol. The van der Waals surface area contributed by atoms with E-state index in [1.54, 1.807) is 0 Å². The summed E-state index contributed by atoms with van der Waals surface area (Å²) in [6.45, 7) is 9.60.